The molecule has 0 bridgehead atoms. The van der Waals surface area contributed by atoms with Crippen LogP contribution >= 0.6 is 11.3 Å². The molecule has 1 fully saturated rings. The molecule has 8 heteroatoms. The minimum absolute atomic E-state index is 0.372. The van der Waals surface area contributed by atoms with Gasteiger partial charge in [0.25, 0.3) is 0 Å². The molecule has 1 aromatic heterocycles. The van der Waals surface area contributed by atoms with Crippen LogP contribution in [0.25, 0.3) is 0 Å². The lowest BCUT2D eigenvalue weighted by molar-refractivity contribution is 0.321. The number of hydrogen-bond donors (Lipinski definition) is 2. The fraction of sp³-hybridized carbons (Fsp3) is 0.565. The Labute approximate surface area is 189 Å². The normalized spacial score (nSPS) is 17.2. The quantitative estimate of drug-likeness (QED) is 0.456. The third-order valence-corrected chi connectivity index (χ3v) is 6.29. The maximum absolute atomic E-state index is 5.40. The second kappa shape index (κ2) is 11.3. The molecule has 2 heterocycles. The van der Waals surface area contributed by atoms with E-state index in [4.69, 9.17) is 9.47 Å². The molecule has 31 heavy (non-hydrogen) atoms. The van der Waals surface area contributed by atoms with Crippen LogP contribution in [0.1, 0.15) is 35.7 Å². The summed E-state index contributed by atoms with van der Waals surface area (Å²) in [6.07, 6.45) is 4.10. The molecule has 0 amide bonds. The Kier molecular flexibility index (Phi) is 8.54. The highest BCUT2D eigenvalue weighted by Gasteiger charge is 2.23. The number of methoxy groups -OCH3 is 2. The van der Waals surface area contributed by atoms with Crippen LogP contribution in [0.4, 0.5) is 0 Å². The summed E-state index contributed by atoms with van der Waals surface area (Å²) in [5.41, 5.74) is 1.20. The van der Waals surface area contributed by atoms with Crippen molar-refractivity contribution in [3.05, 3.63) is 39.8 Å². The van der Waals surface area contributed by atoms with Crippen molar-refractivity contribution < 1.29 is 9.47 Å². The summed E-state index contributed by atoms with van der Waals surface area (Å²) >= 11 is 1.78. The van der Waals surface area contributed by atoms with Gasteiger partial charge in [-0.3, -0.25) is 9.89 Å². The van der Waals surface area contributed by atoms with Crippen molar-refractivity contribution in [2.24, 2.45) is 10.9 Å². The van der Waals surface area contributed by atoms with Crippen molar-refractivity contribution >= 4 is 17.3 Å². The Bertz CT molecular complexity index is 845. The molecule has 7 nitrogen and oxygen atoms in total. The van der Waals surface area contributed by atoms with E-state index in [1.54, 1.807) is 25.6 Å². The molecule has 0 aliphatic carbocycles. The van der Waals surface area contributed by atoms with E-state index >= 15 is 0 Å². The van der Waals surface area contributed by atoms with Crippen molar-refractivity contribution in [2.45, 2.75) is 45.8 Å². The maximum atomic E-state index is 5.40. The van der Waals surface area contributed by atoms with Gasteiger partial charge in [-0.2, -0.15) is 0 Å². The number of guanidine groups is 1. The molecule has 3 rings (SSSR count). The summed E-state index contributed by atoms with van der Waals surface area (Å²) in [5, 5.41) is 8.20. The number of nitrogens with one attached hydrogen (secondary N) is 2. The average Bonchev–Trinajstić information content (AvgIpc) is 3.39. The highest BCUT2D eigenvalue weighted by molar-refractivity contribution is 7.11. The molecule has 1 aromatic carbocycles. The van der Waals surface area contributed by atoms with Gasteiger partial charge in [0, 0.05) is 56.3 Å². The Morgan fingerprint density at radius 3 is 2.65 bits per heavy atom. The van der Waals surface area contributed by atoms with Crippen molar-refractivity contribution in [3.63, 3.8) is 0 Å². The van der Waals surface area contributed by atoms with E-state index in [-0.39, 0.29) is 0 Å². The molecule has 1 saturated heterocycles. The van der Waals surface area contributed by atoms with Crippen molar-refractivity contribution in [3.8, 4) is 11.5 Å². The number of hydrogen-bond acceptors (Lipinski definition) is 6. The van der Waals surface area contributed by atoms with E-state index in [0.717, 1.165) is 56.5 Å². The van der Waals surface area contributed by atoms with Gasteiger partial charge in [0.1, 0.15) is 11.5 Å². The van der Waals surface area contributed by atoms with Crippen LogP contribution in [-0.4, -0.2) is 56.2 Å². The minimum Gasteiger partial charge on any atom is -0.497 e. The highest BCUT2D eigenvalue weighted by atomic mass is 32.1. The van der Waals surface area contributed by atoms with E-state index < -0.39 is 0 Å². The van der Waals surface area contributed by atoms with Gasteiger partial charge in [0.2, 0.25) is 0 Å². The summed E-state index contributed by atoms with van der Waals surface area (Å²) in [4.78, 5) is 12.6. The topological polar surface area (TPSA) is 71.0 Å². The second-order valence-electron chi connectivity index (χ2n) is 8.33. The third kappa shape index (κ3) is 7.11. The second-order valence-corrected chi connectivity index (χ2v) is 9.53. The smallest absolute Gasteiger partial charge is 0.191 e. The van der Waals surface area contributed by atoms with Crippen molar-refractivity contribution in [1.29, 1.82) is 0 Å². The van der Waals surface area contributed by atoms with Crippen LogP contribution in [0.5, 0.6) is 11.5 Å². The molecule has 1 unspecified atom stereocenters. The van der Waals surface area contributed by atoms with Crippen LogP contribution in [0.15, 0.2) is 29.4 Å². The van der Waals surface area contributed by atoms with Gasteiger partial charge in [-0.1, -0.05) is 13.8 Å². The van der Waals surface area contributed by atoms with Gasteiger partial charge >= 0.3 is 0 Å². The molecule has 2 N–H and O–H groups in total. The van der Waals surface area contributed by atoms with E-state index in [0.29, 0.717) is 12.0 Å². The van der Waals surface area contributed by atoms with Crippen LogP contribution in [0, 0.1) is 5.92 Å². The molecule has 2 aromatic rings. The SMILES string of the molecule is CN=C(NCc1cnc(CC(C)C)s1)NC1CCN(Cc2cc(OC)cc(OC)c2)C1. The lowest BCUT2D eigenvalue weighted by Crippen LogP contribution is -2.44. The van der Waals surface area contributed by atoms with Gasteiger partial charge < -0.3 is 20.1 Å². The Balaban J connectivity index is 1.48. The summed E-state index contributed by atoms with van der Waals surface area (Å²) in [6, 6.07) is 6.43. The first-order chi connectivity index (χ1) is 15.0. The van der Waals surface area contributed by atoms with Gasteiger partial charge in [0.05, 0.1) is 25.8 Å². The Hall–Kier alpha value is -2.32. The molecular weight excluding hydrogens is 410 g/mol. The van der Waals surface area contributed by atoms with E-state index in [9.17, 15) is 0 Å². The lowest BCUT2D eigenvalue weighted by Gasteiger charge is -2.19. The maximum Gasteiger partial charge on any atom is 0.191 e. The first kappa shape index (κ1) is 23.3. The third-order valence-electron chi connectivity index (χ3n) is 5.27. The number of thiazole rings is 1. The number of nitrogens with zero attached hydrogens (tertiary/aromatic N) is 3. The van der Waals surface area contributed by atoms with Crippen LogP contribution in [0.3, 0.4) is 0 Å². The number of likely N-dealkylation sites (tertiary alicyclic amines) is 1. The molecule has 1 aliphatic rings. The monoisotopic (exact) mass is 445 g/mol. The fourth-order valence-corrected chi connectivity index (χ4v) is 4.82. The summed E-state index contributed by atoms with van der Waals surface area (Å²) in [5.74, 6) is 3.12. The van der Waals surface area contributed by atoms with Gasteiger partial charge in [-0.05, 0) is 30.0 Å². The molecule has 1 atom stereocenters. The van der Waals surface area contributed by atoms with Crippen molar-refractivity contribution in [1.82, 2.24) is 20.5 Å². The number of benzene rings is 1. The fourth-order valence-electron chi connectivity index (χ4n) is 3.74. The number of aromatic nitrogens is 1. The number of aliphatic imine (C=N–C) groups is 1. The Morgan fingerprint density at radius 2 is 2.00 bits per heavy atom. The van der Waals surface area contributed by atoms with Crippen molar-refractivity contribution in [2.75, 3.05) is 34.4 Å². The van der Waals surface area contributed by atoms with Crippen LogP contribution in [0.2, 0.25) is 0 Å². The predicted octanol–water partition coefficient (Wildman–Crippen LogP) is 3.30. The molecule has 0 saturated carbocycles. The first-order valence-electron chi connectivity index (χ1n) is 10.8. The van der Waals surface area contributed by atoms with Gasteiger partial charge in [0.15, 0.2) is 5.96 Å². The average molecular weight is 446 g/mol. The Morgan fingerprint density at radius 1 is 1.26 bits per heavy atom. The zero-order chi connectivity index (χ0) is 22.2. The lowest BCUT2D eigenvalue weighted by atomic mass is 10.1. The van der Waals surface area contributed by atoms with Crippen LogP contribution < -0.4 is 20.1 Å². The van der Waals surface area contributed by atoms with E-state index in [2.05, 4.69) is 51.5 Å². The van der Waals surface area contributed by atoms with E-state index in [1.165, 1.54) is 15.4 Å². The van der Waals surface area contributed by atoms with Gasteiger partial charge in [-0.25, -0.2) is 4.98 Å². The summed E-state index contributed by atoms with van der Waals surface area (Å²) < 4.78 is 10.8. The molecule has 0 spiro atoms. The largest absolute Gasteiger partial charge is 0.497 e. The highest BCUT2D eigenvalue weighted by Crippen LogP contribution is 2.24. The van der Waals surface area contributed by atoms with Crippen LogP contribution in [-0.2, 0) is 19.5 Å². The molecule has 170 valence electrons. The molecule has 1 aliphatic heterocycles. The zero-order valence-corrected chi connectivity index (χ0v) is 20.1. The minimum atomic E-state index is 0.372. The number of ether oxygens (including phenoxy) is 2. The summed E-state index contributed by atoms with van der Waals surface area (Å²) in [7, 11) is 5.19. The summed E-state index contributed by atoms with van der Waals surface area (Å²) in [6.45, 7) is 8.08. The van der Waals surface area contributed by atoms with E-state index in [1.807, 2.05) is 19.3 Å². The first-order valence-corrected chi connectivity index (χ1v) is 11.7. The molecular formula is C23H35N5O2S. The standard InChI is InChI=1S/C23H35N5O2S/c1-16(2)8-22-25-12-21(31-22)13-26-23(24-3)27-18-6-7-28(15-18)14-17-9-19(29-4)11-20(10-17)30-5/h9-12,16,18H,6-8,13-15H2,1-5H3,(H2,24,26,27). The zero-order valence-electron chi connectivity index (χ0n) is 19.3. The predicted molar refractivity (Wildman–Crippen MR) is 127 cm³/mol. The molecule has 0 radical (unpaired) electrons. The number of rotatable bonds is 9. The van der Waals surface area contributed by atoms with Gasteiger partial charge in [-0.15, -0.1) is 11.3 Å².